The largest absolute Gasteiger partial charge is 0.289 e. The van der Waals surface area contributed by atoms with Gasteiger partial charge in [0.25, 0.3) is 0 Å². The zero-order chi connectivity index (χ0) is 16.5. The van der Waals surface area contributed by atoms with Crippen molar-refractivity contribution in [1.29, 1.82) is 0 Å². The van der Waals surface area contributed by atoms with Crippen LogP contribution >= 0.6 is 0 Å². The van der Waals surface area contributed by atoms with Crippen molar-refractivity contribution in [2.24, 2.45) is 45.9 Å². The highest BCUT2D eigenvalue weighted by Crippen LogP contribution is 2.46. The molecular formula is C20H39N. The molecule has 1 rings (SSSR count). The molecule has 0 aromatic heterocycles. The minimum absolute atomic E-state index is 0.192. The molecule has 0 saturated heterocycles. The predicted octanol–water partition coefficient (Wildman–Crippen LogP) is 6.08. The summed E-state index contributed by atoms with van der Waals surface area (Å²) in [4.78, 5) is 5.37. The van der Waals surface area contributed by atoms with Crippen LogP contribution in [0.4, 0.5) is 0 Å². The van der Waals surface area contributed by atoms with Gasteiger partial charge in [0.05, 0.1) is 6.04 Å². The number of rotatable bonds is 4. The van der Waals surface area contributed by atoms with E-state index in [0.29, 0.717) is 29.7 Å². The van der Waals surface area contributed by atoms with E-state index in [0.717, 1.165) is 11.8 Å². The lowest BCUT2D eigenvalue weighted by atomic mass is 9.60. The van der Waals surface area contributed by atoms with Crippen molar-refractivity contribution in [3.05, 3.63) is 0 Å². The maximum Gasteiger partial charge on any atom is 0.0555 e. The molecule has 1 heteroatoms. The van der Waals surface area contributed by atoms with E-state index in [2.05, 4.69) is 69.2 Å². The van der Waals surface area contributed by atoms with Crippen LogP contribution in [0, 0.1) is 40.9 Å². The van der Waals surface area contributed by atoms with Crippen LogP contribution in [-0.4, -0.2) is 11.8 Å². The third-order valence-corrected chi connectivity index (χ3v) is 5.36. The Balaban J connectivity index is 3.44. The first-order chi connectivity index (χ1) is 9.52. The van der Waals surface area contributed by atoms with Gasteiger partial charge >= 0.3 is 0 Å². The summed E-state index contributed by atoms with van der Waals surface area (Å²) < 4.78 is 0. The van der Waals surface area contributed by atoms with Gasteiger partial charge in [-0.1, -0.05) is 75.7 Å². The van der Waals surface area contributed by atoms with E-state index >= 15 is 0 Å². The van der Waals surface area contributed by atoms with Crippen molar-refractivity contribution in [2.45, 2.75) is 81.7 Å². The SMILES string of the molecule is CCC1C(C(C)C)C(C(C)(C)C)=NC(C(C)C)C1C(C)C. The first-order valence-corrected chi connectivity index (χ1v) is 9.10. The van der Waals surface area contributed by atoms with E-state index in [1.165, 1.54) is 12.1 Å². The van der Waals surface area contributed by atoms with Crippen LogP contribution in [0.1, 0.15) is 75.7 Å². The lowest BCUT2D eigenvalue weighted by molar-refractivity contribution is 0.109. The average Bonchev–Trinajstić information content (AvgIpc) is 2.34. The molecular weight excluding hydrogens is 254 g/mol. The fraction of sp³-hybridized carbons (Fsp3) is 0.950. The van der Waals surface area contributed by atoms with E-state index in [1.807, 2.05) is 0 Å². The zero-order valence-electron chi connectivity index (χ0n) is 16.2. The maximum absolute atomic E-state index is 5.37. The van der Waals surface area contributed by atoms with Crippen molar-refractivity contribution in [2.75, 3.05) is 0 Å². The third kappa shape index (κ3) is 3.90. The quantitative estimate of drug-likeness (QED) is 0.595. The summed E-state index contributed by atoms with van der Waals surface area (Å²) >= 11 is 0. The monoisotopic (exact) mass is 293 g/mol. The Kier molecular flexibility index (Phi) is 6.09. The molecule has 1 aliphatic heterocycles. The van der Waals surface area contributed by atoms with Crippen molar-refractivity contribution < 1.29 is 0 Å². The van der Waals surface area contributed by atoms with E-state index in [4.69, 9.17) is 4.99 Å². The molecule has 0 N–H and O–H groups in total. The molecule has 0 fully saturated rings. The highest BCUT2D eigenvalue weighted by Gasteiger charge is 2.46. The van der Waals surface area contributed by atoms with Gasteiger partial charge in [0.15, 0.2) is 0 Å². The molecule has 0 aromatic rings. The molecule has 0 radical (unpaired) electrons. The Morgan fingerprint density at radius 3 is 1.71 bits per heavy atom. The van der Waals surface area contributed by atoms with Crippen LogP contribution in [0.3, 0.4) is 0 Å². The topological polar surface area (TPSA) is 12.4 Å². The van der Waals surface area contributed by atoms with E-state index in [-0.39, 0.29) is 5.41 Å². The molecule has 0 spiro atoms. The Bertz CT molecular complexity index is 357. The molecule has 0 aromatic carbocycles. The van der Waals surface area contributed by atoms with Crippen molar-refractivity contribution in [1.82, 2.24) is 0 Å². The van der Waals surface area contributed by atoms with Gasteiger partial charge in [0.1, 0.15) is 0 Å². The molecule has 1 nitrogen and oxygen atoms in total. The summed E-state index contributed by atoms with van der Waals surface area (Å²) in [5, 5.41) is 0. The average molecular weight is 294 g/mol. The van der Waals surface area contributed by atoms with Gasteiger partial charge < -0.3 is 0 Å². The second-order valence-electron chi connectivity index (χ2n) is 9.16. The molecule has 4 unspecified atom stereocenters. The van der Waals surface area contributed by atoms with Gasteiger partial charge in [0.2, 0.25) is 0 Å². The standard InChI is InChI=1S/C20H39N/c1-11-15-16(12(2)3)18(14(6)7)21-19(20(8,9)10)17(15)13(4)5/h12-18H,11H2,1-10H3. The van der Waals surface area contributed by atoms with Crippen LogP contribution < -0.4 is 0 Å². The molecule has 4 atom stereocenters. The summed E-state index contributed by atoms with van der Waals surface area (Å²) in [6, 6.07) is 0.499. The normalized spacial score (nSPS) is 31.2. The summed E-state index contributed by atoms with van der Waals surface area (Å²) in [5.41, 5.74) is 1.68. The van der Waals surface area contributed by atoms with Crippen LogP contribution in [0.25, 0.3) is 0 Å². The molecule has 21 heavy (non-hydrogen) atoms. The minimum Gasteiger partial charge on any atom is -0.289 e. The Labute approximate surface area is 134 Å². The Morgan fingerprint density at radius 2 is 1.43 bits per heavy atom. The second-order valence-corrected chi connectivity index (χ2v) is 9.16. The molecule has 1 aliphatic rings. The fourth-order valence-corrected chi connectivity index (χ4v) is 4.54. The van der Waals surface area contributed by atoms with Gasteiger partial charge in [-0.15, -0.1) is 0 Å². The van der Waals surface area contributed by atoms with Crippen LogP contribution in [0.2, 0.25) is 0 Å². The third-order valence-electron chi connectivity index (χ3n) is 5.36. The van der Waals surface area contributed by atoms with E-state index in [9.17, 15) is 0 Å². The molecule has 1 heterocycles. The first-order valence-electron chi connectivity index (χ1n) is 9.10. The molecule has 124 valence electrons. The van der Waals surface area contributed by atoms with E-state index < -0.39 is 0 Å². The number of hydrogen-bond acceptors (Lipinski definition) is 1. The minimum atomic E-state index is 0.192. The van der Waals surface area contributed by atoms with Crippen LogP contribution in [0.5, 0.6) is 0 Å². The van der Waals surface area contributed by atoms with Crippen molar-refractivity contribution in [3.63, 3.8) is 0 Å². The Morgan fingerprint density at radius 1 is 0.905 bits per heavy atom. The van der Waals surface area contributed by atoms with Gasteiger partial charge in [0, 0.05) is 17.0 Å². The van der Waals surface area contributed by atoms with Crippen molar-refractivity contribution in [3.8, 4) is 0 Å². The lowest BCUT2D eigenvalue weighted by Crippen LogP contribution is -2.49. The highest BCUT2D eigenvalue weighted by atomic mass is 14.9. The molecule has 0 aliphatic carbocycles. The van der Waals surface area contributed by atoms with Crippen LogP contribution in [-0.2, 0) is 0 Å². The molecule has 0 amide bonds. The van der Waals surface area contributed by atoms with Gasteiger partial charge in [-0.3, -0.25) is 4.99 Å². The second kappa shape index (κ2) is 6.84. The fourth-order valence-electron chi connectivity index (χ4n) is 4.54. The summed E-state index contributed by atoms with van der Waals surface area (Å²) in [5.74, 6) is 4.20. The first kappa shape index (κ1) is 18.7. The predicted molar refractivity (Wildman–Crippen MR) is 96.0 cm³/mol. The number of nitrogens with zero attached hydrogens (tertiary/aromatic N) is 1. The smallest absolute Gasteiger partial charge is 0.0555 e. The maximum atomic E-state index is 5.37. The van der Waals surface area contributed by atoms with E-state index in [1.54, 1.807) is 0 Å². The summed E-state index contributed by atoms with van der Waals surface area (Å²) in [7, 11) is 0. The number of hydrogen-bond donors (Lipinski definition) is 0. The number of aliphatic imine (C=N–C) groups is 1. The highest BCUT2D eigenvalue weighted by molar-refractivity contribution is 5.92. The molecule has 0 saturated carbocycles. The molecule has 0 bridgehead atoms. The lowest BCUT2D eigenvalue weighted by Gasteiger charge is -2.49. The zero-order valence-corrected chi connectivity index (χ0v) is 16.2. The van der Waals surface area contributed by atoms with Crippen LogP contribution in [0.15, 0.2) is 4.99 Å². The summed E-state index contributed by atoms with van der Waals surface area (Å²) in [6.07, 6.45) is 1.28. The van der Waals surface area contributed by atoms with Crippen molar-refractivity contribution >= 4 is 5.71 Å². The summed E-state index contributed by atoms with van der Waals surface area (Å²) in [6.45, 7) is 23.7. The van der Waals surface area contributed by atoms with Gasteiger partial charge in [-0.25, -0.2) is 0 Å². The Hall–Kier alpha value is -0.330. The van der Waals surface area contributed by atoms with Gasteiger partial charge in [-0.2, -0.15) is 0 Å². The van der Waals surface area contributed by atoms with Gasteiger partial charge in [-0.05, 0) is 29.6 Å².